The summed E-state index contributed by atoms with van der Waals surface area (Å²) in [5.41, 5.74) is 1.96. The average molecular weight is 446 g/mol. The van der Waals surface area contributed by atoms with Crippen LogP contribution in [0.15, 0.2) is 55.1 Å². The molecule has 8 nitrogen and oxygen atoms in total. The number of nitrogens with zero attached hydrogens (tertiary/aromatic N) is 6. The van der Waals surface area contributed by atoms with Crippen LogP contribution in [0.4, 0.5) is 16.0 Å². The highest BCUT2D eigenvalue weighted by Gasteiger charge is 2.23. The normalized spacial score (nSPS) is 14.6. The maximum absolute atomic E-state index is 15.2. The van der Waals surface area contributed by atoms with Gasteiger partial charge in [0.1, 0.15) is 5.82 Å². The molecule has 0 atom stereocenters. The van der Waals surface area contributed by atoms with Crippen molar-refractivity contribution in [2.24, 2.45) is 7.05 Å². The van der Waals surface area contributed by atoms with Crippen LogP contribution in [-0.2, 0) is 7.05 Å². The zero-order valence-electron chi connectivity index (χ0n) is 18.5. The van der Waals surface area contributed by atoms with E-state index in [-0.39, 0.29) is 11.4 Å². The highest BCUT2D eigenvalue weighted by Crippen LogP contribution is 2.26. The van der Waals surface area contributed by atoms with E-state index in [0.29, 0.717) is 18.9 Å². The summed E-state index contributed by atoms with van der Waals surface area (Å²) in [6.07, 6.45) is 6.90. The van der Waals surface area contributed by atoms with Gasteiger partial charge in [-0.3, -0.25) is 9.48 Å². The highest BCUT2D eigenvalue weighted by molar-refractivity contribution is 6.05. The summed E-state index contributed by atoms with van der Waals surface area (Å²) in [5.74, 6) is -0.601. The van der Waals surface area contributed by atoms with Crippen molar-refractivity contribution in [3.8, 4) is 11.1 Å². The van der Waals surface area contributed by atoms with Gasteiger partial charge >= 0.3 is 0 Å². The molecule has 1 aromatic carbocycles. The van der Waals surface area contributed by atoms with Crippen molar-refractivity contribution in [1.82, 2.24) is 24.6 Å². The van der Waals surface area contributed by atoms with Crippen LogP contribution in [0, 0.1) is 5.82 Å². The first-order valence-electron chi connectivity index (χ1n) is 10.8. The third-order valence-corrected chi connectivity index (χ3v) is 5.92. The molecule has 0 radical (unpaired) electrons. The number of pyridine rings is 2. The molecule has 168 valence electrons. The second-order valence-corrected chi connectivity index (χ2v) is 8.27. The molecule has 0 unspecified atom stereocenters. The number of piperazine rings is 1. The Morgan fingerprint density at radius 2 is 1.79 bits per heavy atom. The number of aromatic nitrogens is 4. The van der Waals surface area contributed by atoms with E-state index < -0.39 is 11.7 Å². The second-order valence-electron chi connectivity index (χ2n) is 8.27. The molecule has 0 spiro atoms. The van der Waals surface area contributed by atoms with Crippen molar-refractivity contribution >= 4 is 28.3 Å². The lowest BCUT2D eigenvalue weighted by molar-refractivity contribution is 0.102. The standard InChI is InChI=1S/C24H24FN7O/c1-30-7-9-32(10-8-30)23-22(25)20(5-6-26-23)24(33)29-21-12-18-11-16(3-4-17(18)13-27-21)19-14-28-31(2)15-19/h3-6,11-15H,7-10H2,1-2H3,(H,27,29,33). The lowest BCUT2D eigenvalue weighted by atomic mass is 10.1. The number of nitrogens with one attached hydrogen (secondary N) is 1. The number of anilines is 2. The first-order chi connectivity index (χ1) is 16.0. The van der Waals surface area contributed by atoms with Gasteiger partial charge in [0.15, 0.2) is 11.6 Å². The molecule has 9 heteroatoms. The van der Waals surface area contributed by atoms with Gasteiger partial charge < -0.3 is 15.1 Å². The number of fused-ring (bicyclic) bond motifs is 1. The largest absolute Gasteiger partial charge is 0.352 e. The molecule has 1 fully saturated rings. The maximum Gasteiger partial charge on any atom is 0.259 e. The monoisotopic (exact) mass is 445 g/mol. The zero-order chi connectivity index (χ0) is 22.9. The number of benzene rings is 1. The Kier molecular flexibility index (Phi) is 5.47. The number of likely N-dealkylation sites (N-methyl/N-ethyl adjacent to an activating group) is 1. The van der Waals surface area contributed by atoms with E-state index in [9.17, 15) is 4.79 Å². The molecule has 4 aromatic rings. The fourth-order valence-electron chi connectivity index (χ4n) is 3.99. The Hall–Kier alpha value is -3.85. The predicted octanol–water partition coefficient (Wildman–Crippen LogP) is 3.17. The number of hydrogen-bond donors (Lipinski definition) is 1. The Morgan fingerprint density at radius 3 is 2.55 bits per heavy atom. The van der Waals surface area contributed by atoms with Gasteiger partial charge in [-0.2, -0.15) is 5.10 Å². The van der Waals surface area contributed by atoms with Gasteiger partial charge in [-0.15, -0.1) is 0 Å². The third kappa shape index (κ3) is 4.27. The van der Waals surface area contributed by atoms with Crippen LogP contribution in [0.3, 0.4) is 0 Å². The summed E-state index contributed by atoms with van der Waals surface area (Å²) < 4.78 is 16.9. The van der Waals surface area contributed by atoms with Crippen LogP contribution in [0.1, 0.15) is 10.4 Å². The van der Waals surface area contributed by atoms with E-state index in [0.717, 1.165) is 35.0 Å². The maximum atomic E-state index is 15.2. The number of hydrogen-bond acceptors (Lipinski definition) is 6. The fourth-order valence-corrected chi connectivity index (χ4v) is 3.99. The van der Waals surface area contributed by atoms with Gasteiger partial charge in [-0.05, 0) is 36.2 Å². The molecule has 5 rings (SSSR count). The lowest BCUT2D eigenvalue weighted by Gasteiger charge is -2.33. The van der Waals surface area contributed by atoms with E-state index >= 15 is 4.39 Å². The Labute approximate surface area is 190 Å². The number of carbonyl (C=O) groups is 1. The quantitative estimate of drug-likeness (QED) is 0.520. The van der Waals surface area contributed by atoms with Crippen LogP contribution in [0.25, 0.3) is 21.9 Å². The summed E-state index contributed by atoms with van der Waals surface area (Å²) >= 11 is 0. The van der Waals surface area contributed by atoms with E-state index in [1.54, 1.807) is 23.1 Å². The summed E-state index contributed by atoms with van der Waals surface area (Å²) in [4.78, 5) is 25.5. The van der Waals surface area contributed by atoms with Gasteiger partial charge in [-0.25, -0.2) is 14.4 Å². The Morgan fingerprint density at radius 1 is 0.970 bits per heavy atom. The third-order valence-electron chi connectivity index (χ3n) is 5.92. The molecule has 0 aliphatic carbocycles. The van der Waals surface area contributed by atoms with Crippen molar-refractivity contribution in [2.75, 3.05) is 43.4 Å². The van der Waals surface area contributed by atoms with Crippen molar-refractivity contribution in [3.63, 3.8) is 0 Å². The molecular weight excluding hydrogens is 421 g/mol. The van der Waals surface area contributed by atoms with Crippen molar-refractivity contribution in [3.05, 3.63) is 66.5 Å². The fraction of sp³-hybridized carbons (Fsp3) is 0.250. The van der Waals surface area contributed by atoms with Gasteiger partial charge in [0, 0.05) is 62.8 Å². The molecule has 3 aromatic heterocycles. The molecule has 0 bridgehead atoms. The molecule has 0 saturated carbocycles. The first kappa shape index (κ1) is 21.0. The highest BCUT2D eigenvalue weighted by atomic mass is 19.1. The molecule has 1 aliphatic heterocycles. The van der Waals surface area contributed by atoms with Crippen molar-refractivity contribution in [1.29, 1.82) is 0 Å². The SMILES string of the molecule is CN1CCN(c2nccc(C(=O)Nc3cc4cc(-c5cnn(C)c5)ccc4cn3)c2F)CC1. The van der Waals surface area contributed by atoms with Crippen LogP contribution in [0.5, 0.6) is 0 Å². The average Bonchev–Trinajstić information content (AvgIpc) is 3.25. The summed E-state index contributed by atoms with van der Waals surface area (Å²) in [5, 5.41) is 8.80. The molecule has 1 saturated heterocycles. The van der Waals surface area contributed by atoms with E-state index in [1.165, 1.54) is 12.3 Å². The number of carbonyl (C=O) groups excluding carboxylic acids is 1. The molecule has 33 heavy (non-hydrogen) atoms. The number of rotatable bonds is 4. The van der Waals surface area contributed by atoms with Gasteiger partial charge in [0.2, 0.25) is 0 Å². The van der Waals surface area contributed by atoms with Gasteiger partial charge in [0.05, 0.1) is 11.8 Å². The summed E-state index contributed by atoms with van der Waals surface area (Å²) in [6, 6.07) is 9.17. The molecule has 4 heterocycles. The minimum Gasteiger partial charge on any atom is -0.352 e. The summed E-state index contributed by atoms with van der Waals surface area (Å²) in [6.45, 7) is 2.97. The van der Waals surface area contributed by atoms with Crippen molar-refractivity contribution < 1.29 is 9.18 Å². The summed E-state index contributed by atoms with van der Waals surface area (Å²) in [7, 11) is 3.90. The van der Waals surface area contributed by atoms with Crippen LogP contribution >= 0.6 is 0 Å². The zero-order valence-corrected chi connectivity index (χ0v) is 18.5. The Bertz CT molecular complexity index is 1330. The second kappa shape index (κ2) is 8.59. The van der Waals surface area contributed by atoms with Crippen molar-refractivity contribution in [2.45, 2.75) is 0 Å². The minimum absolute atomic E-state index is 0.0510. The van der Waals surface area contributed by atoms with Crippen LogP contribution in [-0.4, -0.2) is 63.8 Å². The minimum atomic E-state index is -0.612. The van der Waals surface area contributed by atoms with Crippen LogP contribution < -0.4 is 10.2 Å². The van der Waals surface area contributed by atoms with E-state index in [2.05, 4.69) is 25.3 Å². The van der Waals surface area contributed by atoms with Gasteiger partial charge in [-0.1, -0.05) is 12.1 Å². The molecule has 1 amide bonds. The van der Waals surface area contributed by atoms with E-state index in [4.69, 9.17) is 0 Å². The number of amides is 1. The molecular formula is C24H24FN7O. The number of halogens is 1. The topological polar surface area (TPSA) is 79.2 Å². The van der Waals surface area contributed by atoms with Gasteiger partial charge in [0.25, 0.3) is 5.91 Å². The smallest absolute Gasteiger partial charge is 0.259 e. The van der Waals surface area contributed by atoms with Crippen LogP contribution in [0.2, 0.25) is 0 Å². The first-order valence-corrected chi connectivity index (χ1v) is 10.8. The number of aryl methyl sites for hydroxylation is 1. The lowest BCUT2D eigenvalue weighted by Crippen LogP contribution is -2.45. The molecule has 1 aliphatic rings. The van der Waals surface area contributed by atoms with E-state index in [1.807, 2.05) is 43.4 Å². The Balaban J connectivity index is 1.39. The molecule has 1 N–H and O–H groups in total. The predicted molar refractivity (Wildman–Crippen MR) is 126 cm³/mol.